The Morgan fingerprint density at radius 3 is 1.64 bits per heavy atom. The number of nitrogens with zero attached hydrogens (tertiary/aromatic N) is 1. The van der Waals surface area contributed by atoms with Crippen LogP contribution in [0.15, 0.2) is 66.7 Å². The molecule has 0 aliphatic heterocycles. The third kappa shape index (κ3) is 10.0. The Kier molecular flexibility index (Phi) is 12.7. The molecule has 0 saturated carbocycles. The fourth-order valence-corrected chi connectivity index (χ4v) is 2.72. The minimum atomic E-state index is -0.265. The standard InChI is InChI=1S/C17H20N2O2S.C7H5NO2.Na.H/c1-3-20-15-9-5-13(6-10-15)18-17(22)19-14-7-11-16(12-8-14)21-4-2;8-4-5-1-2-6(9)7(10)3-5;;/h5-12H,3-4H2,1-2H3,(H2,18,19,22);1-3,9-10H;;. The minimum absolute atomic E-state index is 0. The second kappa shape index (κ2) is 15.0. The van der Waals surface area contributed by atoms with Gasteiger partial charge in [0, 0.05) is 17.4 Å². The topological polar surface area (TPSA) is 107 Å². The van der Waals surface area contributed by atoms with E-state index >= 15 is 0 Å². The van der Waals surface area contributed by atoms with E-state index in [1.165, 1.54) is 18.2 Å². The normalized spacial score (nSPS) is 9.24. The average molecular weight is 476 g/mol. The van der Waals surface area contributed by atoms with Gasteiger partial charge in [0.25, 0.3) is 0 Å². The first-order chi connectivity index (χ1) is 15.4. The molecular weight excluding hydrogens is 449 g/mol. The molecule has 0 spiro atoms. The molecule has 3 aromatic carbocycles. The predicted molar refractivity (Wildman–Crippen MR) is 137 cm³/mol. The van der Waals surface area contributed by atoms with Crippen LogP contribution in [-0.2, 0) is 0 Å². The van der Waals surface area contributed by atoms with Crippen LogP contribution in [0.25, 0.3) is 0 Å². The van der Waals surface area contributed by atoms with Crippen molar-refractivity contribution >= 4 is 58.3 Å². The molecular formula is C24H26N3NaO4S. The first-order valence-electron chi connectivity index (χ1n) is 9.91. The Morgan fingerprint density at radius 2 is 1.27 bits per heavy atom. The van der Waals surface area contributed by atoms with Gasteiger partial charge in [-0.3, -0.25) is 0 Å². The number of ether oxygens (including phenoxy) is 2. The Bertz CT molecular complexity index is 1000. The van der Waals surface area contributed by atoms with Gasteiger partial charge in [0.1, 0.15) is 11.5 Å². The van der Waals surface area contributed by atoms with E-state index < -0.39 is 0 Å². The predicted octanol–water partition coefficient (Wildman–Crippen LogP) is 4.61. The Labute approximate surface area is 221 Å². The molecule has 4 N–H and O–H groups in total. The molecule has 0 aliphatic rings. The van der Waals surface area contributed by atoms with Gasteiger partial charge in [-0.1, -0.05) is 0 Å². The van der Waals surface area contributed by atoms with Crippen molar-refractivity contribution in [3.05, 3.63) is 72.3 Å². The molecule has 0 aliphatic carbocycles. The van der Waals surface area contributed by atoms with Gasteiger partial charge >= 0.3 is 29.6 Å². The number of phenolic OH excluding ortho intramolecular Hbond substituents is 2. The third-order valence-electron chi connectivity index (χ3n) is 3.95. The first kappa shape index (κ1) is 28.1. The monoisotopic (exact) mass is 475 g/mol. The number of aromatic hydroxyl groups is 2. The Morgan fingerprint density at radius 1 is 0.818 bits per heavy atom. The number of nitriles is 1. The van der Waals surface area contributed by atoms with Gasteiger partial charge in [-0.05, 0) is 86.7 Å². The van der Waals surface area contributed by atoms with Gasteiger partial charge in [0.15, 0.2) is 16.6 Å². The van der Waals surface area contributed by atoms with Crippen LogP contribution in [0.3, 0.4) is 0 Å². The number of nitrogens with one attached hydrogen (secondary N) is 2. The van der Waals surface area contributed by atoms with Crippen LogP contribution in [0, 0.1) is 11.3 Å². The van der Waals surface area contributed by atoms with Crippen LogP contribution in [0.1, 0.15) is 19.4 Å². The number of hydrogen-bond acceptors (Lipinski definition) is 6. The summed E-state index contributed by atoms with van der Waals surface area (Å²) in [5, 5.41) is 32.7. The zero-order valence-electron chi connectivity index (χ0n) is 17.8. The number of thiocarbonyl (C=S) groups is 1. The number of anilines is 2. The van der Waals surface area contributed by atoms with Crippen LogP contribution >= 0.6 is 12.2 Å². The van der Waals surface area contributed by atoms with Crippen LogP contribution in [0.5, 0.6) is 23.0 Å². The van der Waals surface area contributed by atoms with Crippen molar-refractivity contribution in [2.45, 2.75) is 13.8 Å². The maximum absolute atomic E-state index is 8.83. The van der Waals surface area contributed by atoms with Gasteiger partial charge in [-0.2, -0.15) is 5.26 Å². The average Bonchev–Trinajstić information content (AvgIpc) is 2.79. The number of hydrogen-bond donors (Lipinski definition) is 4. The number of benzene rings is 3. The fourth-order valence-electron chi connectivity index (χ4n) is 2.49. The van der Waals surface area contributed by atoms with Crippen molar-refractivity contribution in [1.82, 2.24) is 0 Å². The van der Waals surface area contributed by atoms with Crippen LogP contribution in [0.4, 0.5) is 11.4 Å². The maximum atomic E-state index is 8.83. The summed E-state index contributed by atoms with van der Waals surface area (Å²) in [6.45, 7) is 5.24. The zero-order valence-corrected chi connectivity index (χ0v) is 18.6. The van der Waals surface area contributed by atoms with E-state index in [0.717, 1.165) is 22.9 Å². The van der Waals surface area contributed by atoms with Crippen molar-refractivity contribution < 1.29 is 19.7 Å². The molecule has 0 amide bonds. The number of rotatable bonds is 6. The molecule has 0 heterocycles. The summed E-state index contributed by atoms with van der Waals surface area (Å²) in [6, 6.07) is 21.1. The van der Waals surface area contributed by atoms with E-state index in [-0.39, 0.29) is 41.1 Å². The van der Waals surface area contributed by atoms with Gasteiger partial charge in [-0.15, -0.1) is 0 Å². The summed E-state index contributed by atoms with van der Waals surface area (Å²) in [5.74, 6) is 1.22. The van der Waals surface area contributed by atoms with Crippen molar-refractivity contribution in [3.63, 3.8) is 0 Å². The number of phenols is 2. The summed E-state index contributed by atoms with van der Waals surface area (Å²) in [4.78, 5) is 0. The molecule has 7 nitrogen and oxygen atoms in total. The van der Waals surface area contributed by atoms with E-state index in [4.69, 9.17) is 37.2 Å². The van der Waals surface area contributed by atoms with E-state index in [9.17, 15) is 0 Å². The van der Waals surface area contributed by atoms with E-state index in [2.05, 4.69) is 10.6 Å². The van der Waals surface area contributed by atoms with Crippen LogP contribution in [-0.4, -0.2) is 58.1 Å². The van der Waals surface area contributed by atoms with E-state index in [0.29, 0.717) is 23.9 Å². The van der Waals surface area contributed by atoms with Crippen molar-refractivity contribution in [2.24, 2.45) is 0 Å². The summed E-state index contributed by atoms with van der Waals surface area (Å²) in [7, 11) is 0. The zero-order chi connectivity index (χ0) is 23.3. The first-order valence-corrected chi connectivity index (χ1v) is 10.3. The van der Waals surface area contributed by atoms with Crippen LogP contribution < -0.4 is 20.1 Å². The van der Waals surface area contributed by atoms with E-state index in [1.54, 1.807) is 0 Å². The molecule has 0 radical (unpaired) electrons. The molecule has 0 unspecified atom stereocenters. The second-order valence-corrected chi connectivity index (χ2v) is 6.72. The SMILES string of the molecule is CCOc1ccc(NC(=S)Nc2ccc(OCC)cc2)cc1.N#Cc1ccc(O)c(O)c1.[NaH]. The molecule has 3 rings (SSSR count). The van der Waals surface area contributed by atoms with Crippen LogP contribution in [0.2, 0.25) is 0 Å². The van der Waals surface area contributed by atoms with Gasteiger partial charge < -0.3 is 30.3 Å². The van der Waals surface area contributed by atoms with Gasteiger partial charge in [0.2, 0.25) is 0 Å². The van der Waals surface area contributed by atoms with Crippen molar-refractivity contribution in [1.29, 1.82) is 5.26 Å². The van der Waals surface area contributed by atoms with Gasteiger partial charge in [-0.25, -0.2) is 0 Å². The Balaban J connectivity index is 0.000000417. The molecule has 0 bridgehead atoms. The Hall–Kier alpha value is -2.96. The quantitative estimate of drug-likeness (QED) is 0.233. The van der Waals surface area contributed by atoms with E-state index in [1.807, 2.05) is 68.4 Å². The van der Waals surface area contributed by atoms with Gasteiger partial charge in [0.05, 0.1) is 24.8 Å². The molecule has 0 saturated heterocycles. The third-order valence-corrected chi connectivity index (χ3v) is 4.16. The molecule has 9 heteroatoms. The molecule has 0 fully saturated rings. The summed E-state index contributed by atoms with van der Waals surface area (Å²) >= 11 is 5.30. The second-order valence-electron chi connectivity index (χ2n) is 6.31. The molecule has 33 heavy (non-hydrogen) atoms. The fraction of sp³-hybridized carbons (Fsp3) is 0.167. The molecule has 0 aromatic heterocycles. The summed E-state index contributed by atoms with van der Waals surface area (Å²) in [5.41, 5.74) is 2.15. The van der Waals surface area contributed by atoms with Crippen molar-refractivity contribution in [3.8, 4) is 29.1 Å². The van der Waals surface area contributed by atoms with Crippen molar-refractivity contribution in [2.75, 3.05) is 23.8 Å². The molecule has 3 aromatic rings. The summed E-state index contributed by atoms with van der Waals surface area (Å²) < 4.78 is 10.8. The summed E-state index contributed by atoms with van der Waals surface area (Å²) in [6.07, 6.45) is 0. The molecule has 0 atom stereocenters. The molecule has 168 valence electrons.